The van der Waals surface area contributed by atoms with Gasteiger partial charge >= 0.3 is 0 Å². The Morgan fingerprint density at radius 3 is 2.70 bits per heavy atom. The Labute approximate surface area is 136 Å². The summed E-state index contributed by atoms with van der Waals surface area (Å²) < 4.78 is 0. The number of benzene rings is 1. The summed E-state index contributed by atoms with van der Waals surface area (Å²) in [5.74, 6) is 0.607. The first kappa shape index (κ1) is 15.7. The van der Waals surface area contributed by atoms with Crippen LogP contribution in [0.2, 0.25) is 0 Å². The zero-order valence-corrected chi connectivity index (χ0v) is 13.6. The molecule has 1 aromatic carbocycles. The van der Waals surface area contributed by atoms with Crippen LogP contribution in [0, 0.1) is 0 Å². The van der Waals surface area contributed by atoms with Gasteiger partial charge in [0.15, 0.2) is 0 Å². The topological polar surface area (TPSA) is 61.0 Å². The van der Waals surface area contributed by atoms with Crippen LogP contribution < -0.4 is 10.9 Å². The van der Waals surface area contributed by atoms with E-state index in [0.29, 0.717) is 12.0 Å². The average molecular weight is 312 g/mol. The molecule has 0 atom stereocenters. The van der Waals surface area contributed by atoms with Crippen molar-refractivity contribution < 1.29 is 0 Å². The highest BCUT2D eigenvalue weighted by atomic mass is 16.1. The van der Waals surface area contributed by atoms with Gasteiger partial charge in [-0.1, -0.05) is 37.3 Å². The Hall–Kier alpha value is -2.14. The molecular weight excluding hydrogens is 288 g/mol. The van der Waals surface area contributed by atoms with E-state index in [4.69, 9.17) is 0 Å². The summed E-state index contributed by atoms with van der Waals surface area (Å²) in [6.45, 7) is 5.14. The molecule has 3 rings (SSSR count). The highest BCUT2D eigenvalue weighted by Crippen LogP contribution is 2.16. The van der Waals surface area contributed by atoms with Crippen LogP contribution in [-0.4, -0.2) is 34.0 Å². The molecule has 0 spiro atoms. The van der Waals surface area contributed by atoms with E-state index in [1.54, 1.807) is 6.07 Å². The fourth-order valence-corrected chi connectivity index (χ4v) is 3.03. The van der Waals surface area contributed by atoms with Crippen LogP contribution >= 0.6 is 0 Å². The van der Waals surface area contributed by atoms with E-state index in [-0.39, 0.29) is 5.56 Å². The molecule has 1 aliphatic heterocycles. The van der Waals surface area contributed by atoms with Crippen LogP contribution in [0.5, 0.6) is 0 Å². The van der Waals surface area contributed by atoms with E-state index in [0.717, 1.165) is 44.6 Å². The molecular formula is C18H24N4O. The molecule has 5 heteroatoms. The van der Waals surface area contributed by atoms with Gasteiger partial charge in [0.1, 0.15) is 0 Å². The van der Waals surface area contributed by atoms with Gasteiger partial charge in [0.25, 0.3) is 5.56 Å². The Kier molecular flexibility index (Phi) is 5.08. The number of rotatable bonds is 5. The third-order valence-electron chi connectivity index (χ3n) is 4.33. The molecule has 0 saturated carbocycles. The Morgan fingerprint density at radius 2 is 2.00 bits per heavy atom. The van der Waals surface area contributed by atoms with E-state index in [9.17, 15) is 4.79 Å². The van der Waals surface area contributed by atoms with E-state index in [2.05, 4.69) is 50.5 Å². The van der Waals surface area contributed by atoms with Crippen molar-refractivity contribution >= 4 is 5.95 Å². The highest BCUT2D eigenvalue weighted by Gasteiger charge is 2.19. The molecule has 5 nitrogen and oxygen atoms in total. The van der Waals surface area contributed by atoms with E-state index in [1.165, 1.54) is 5.56 Å². The number of aromatic amines is 1. The van der Waals surface area contributed by atoms with Gasteiger partial charge in [-0.05, 0) is 24.8 Å². The molecule has 1 fully saturated rings. The monoisotopic (exact) mass is 312 g/mol. The lowest BCUT2D eigenvalue weighted by Gasteiger charge is -2.32. The minimum Gasteiger partial charge on any atom is -0.353 e. The zero-order chi connectivity index (χ0) is 16.1. The summed E-state index contributed by atoms with van der Waals surface area (Å²) >= 11 is 0. The van der Waals surface area contributed by atoms with Gasteiger partial charge in [-0.15, -0.1) is 0 Å². The third kappa shape index (κ3) is 4.42. The first-order chi connectivity index (χ1) is 11.2. The van der Waals surface area contributed by atoms with Crippen LogP contribution in [0.1, 0.15) is 31.0 Å². The second kappa shape index (κ2) is 7.42. The fraction of sp³-hybridized carbons (Fsp3) is 0.444. The second-order valence-corrected chi connectivity index (χ2v) is 6.12. The number of anilines is 1. The number of likely N-dealkylation sites (tertiary alicyclic amines) is 1. The average Bonchev–Trinajstić information content (AvgIpc) is 2.57. The van der Waals surface area contributed by atoms with Gasteiger partial charge in [0, 0.05) is 37.4 Å². The molecule has 2 N–H and O–H groups in total. The summed E-state index contributed by atoms with van der Waals surface area (Å²) in [5, 5.41) is 3.39. The number of H-pyrrole nitrogens is 1. The molecule has 0 radical (unpaired) electrons. The standard InChI is InChI=1S/C18H24N4O/c1-2-15-12-17(23)21-18(19-15)20-16-8-10-22(11-9-16)13-14-6-4-3-5-7-14/h3-7,12,16H,2,8-11,13H2,1H3,(H2,19,20,21,23). The number of aromatic nitrogens is 2. The number of nitrogens with one attached hydrogen (secondary N) is 2. The van der Waals surface area contributed by atoms with Crippen molar-refractivity contribution in [1.29, 1.82) is 0 Å². The maximum absolute atomic E-state index is 11.6. The lowest BCUT2D eigenvalue weighted by Crippen LogP contribution is -2.39. The largest absolute Gasteiger partial charge is 0.353 e. The summed E-state index contributed by atoms with van der Waals surface area (Å²) in [6.07, 6.45) is 2.90. The summed E-state index contributed by atoms with van der Waals surface area (Å²) in [4.78, 5) is 21.3. The number of hydrogen-bond acceptors (Lipinski definition) is 4. The lowest BCUT2D eigenvalue weighted by atomic mass is 10.0. The molecule has 122 valence electrons. The van der Waals surface area contributed by atoms with Crippen molar-refractivity contribution in [3.8, 4) is 0 Å². The van der Waals surface area contributed by atoms with Crippen LogP contribution in [0.25, 0.3) is 0 Å². The first-order valence-electron chi connectivity index (χ1n) is 8.36. The Bertz CT molecular complexity index is 675. The normalized spacial score (nSPS) is 16.4. The van der Waals surface area contributed by atoms with E-state index < -0.39 is 0 Å². The smallest absolute Gasteiger partial charge is 0.252 e. The number of aryl methyl sites for hydroxylation is 1. The second-order valence-electron chi connectivity index (χ2n) is 6.12. The summed E-state index contributed by atoms with van der Waals surface area (Å²) in [6, 6.07) is 12.5. The SMILES string of the molecule is CCc1cc(=O)[nH]c(NC2CCN(Cc3ccccc3)CC2)n1. The summed E-state index contributed by atoms with van der Waals surface area (Å²) in [7, 11) is 0. The lowest BCUT2D eigenvalue weighted by molar-refractivity contribution is 0.211. The van der Waals surface area contributed by atoms with Gasteiger partial charge in [-0.25, -0.2) is 4.98 Å². The molecule has 2 aromatic rings. The Balaban J connectivity index is 1.53. The van der Waals surface area contributed by atoms with Crippen molar-refractivity contribution in [3.05, 3.63) is 58.0 Å². The predicted molar refractivity (Wildman–Crippen MR) is 92.6 cm³/mol. The van der Waals surface area contributed by atoms with E-state index in [1.807, 2.05) is 6.92 Å². The molecule has 1 aliphatic rings. The Morgan fingerprint density at radius 1 is 1.26 bits per heavy atom. The van der Waals surface area contributed by atoms with Crippen molar-refractivity contribution in [2.45, 2.75) is 38.8 Å². The third-order valence-corrected chi connectivity index (χ3v) is 4.33. The van der Waals surface area contributed by atoms with Crippen molar-refractivity contribution in [2.75, 3.05) is 18.4 Å². The number of nitrogens with zero attached hydrogens (tertiary/aromatic N) is 2. The zero-order valence-electron chi connectivity index (χ0n) is 13.6. The van der Waals surface area contributed by atoms with Gasteiger partial charge in [0.05, 0.1) is 0 Å². The van der Waals surface area contributed by atoms with Gasteiger partial charge in [-0.3, -0.25) is 14.7 Å². The molecule has 2 heterocycles. The van der Waals surface area contributed by atoms with Gasteiger partial charge in [0.2, 0.25) is 5.95 Å². The quantitative estimate of drug-likeness (QED) is 0.890. The molecule has 0 aliphatic carbocycles. The minimum atomic E-state index is -0.0825. The van der Waals surface area contributed by atoms with Gasteiger partial charge < -0.3 is 5.32 Å². The molecule has 0 amide bonds. The van der Waals surface area contributed by atoms with Crippen LogP contribution in [0.3, 0.4) is 0 Å². The van der Waals surface area contributed by atoms with Crippen molar-refractivity contribution in [1.82, 2.24) is 14.9 Å². The fourth-order valence-electron chi connectivity index (χ4n) is 3.03. The molecule has 0 bridgehead atoms. The number of hydrogen-bond donors (Lipinski definition) is 2. The molecule has 1 saturated heterocycles. The van der Waals surface area contributed by atoms with Gasteiger partial charge in [-0.2, -0.15) is 0 Å². The first-order valence-corrected chi connectivity index (χ1v) is 8.36. The van der Waals surface area contributed by atoms with Crippen molar-refractivity contribution in [3.63, 3.8) is 0 Å². The minimum absolute atomic E-state index is 0.0825. The molecule has 0 unspecified atom stereocenters. The van der Waals surface area contributed by atoms with E-state index >= 15 is 0 Å². The van der Waals surface area contributed by atoms with Crippen LogP contribution in [0.4, 0.5) is 5.95 Å². The highest BCUT2D eigenvalue weighted by molar-refractivity contribution is 5.27. The predicted octanol–water partition coefficient (Wildman–Crippen LogP) is 2.41. The van der Waals surface area contributed by atoms with Crippen LogP contribution in [-0.2, 0) is 13.0 Å². The molecule has 1 aromatic heterocycles. The maximum Gasteiger partial charge on any atom is 0.252 e. The summed E-state index contributed by atoms with van der Waals surface area (Å²) in [5.41, 5.74) is 2.11. The number of piperidine rings is 1. The van der Waals surface area contributed by atoms with Crippen LogP contribution in [0.15, 0.2) is 41.2 Å². The maximum atomic E-state index is 11.6. The van der Waals surface area contributed by atoms with Crippen molar-refractivity contribution in [2.24, 2.45) is 0 Å². The molecule has 23 heavy (non-hydrogen) atoms.